The molecule has 0 aliphatic carbocycles. The molecule has 0 saturated carbocycles. The molecule has 11 heteroatoms. The van der Waals surface area contributed by atoms with Crippen molar-refractivity contribution >= 4 is 34.4 Å². The number of nitrogens with two attached hydrogens (primary N) is 1. The van der Waals surface area contributed by atoms with Crippen LogP contribution in [0, 0.1) is 5.82 Å². The summed E-state index contributed by atoms with van der Waals surface area (Å²) in [6.45, 7) is 4.72. The monoisotopic (exact) mass is 497 g/mol. The summed E-state index contributed by atoms with van der Waals surface area (Å²) < 4.78 is 26.1. The SMILES string of the molecule is COc1ccc(-n2nc3nc(NCCN4CCOCC4)nc(-c4ccc(F)c(Cl)c4)c3c2N)cc1. The lowest BCUT2D eigenvalue weighted by atomic mass is 10.1. The number of aromatic nitrogens is 4. The first-order chi connectivity index (χ1) is 17.0. The van der Waals surface area contributed by atoms with Crippen molar-refractivity contribution in [1.29, 1.82) is 0 Å². The van der Waals surface area contributed by atoms with E-state index in [-0.39, 0.29) is 5.02 Å². The summed E-state index contributed by atoms with van der Waals surface area (Å²) in [7, 11) is 1.61. The molecule has 0 radical (unpaired) electrons. The summed E-state index contributed by atoms with van der Waals surface area (Å²) in [4.78, 5) is 11.6. The van der Waals surface area contributed by atoms with Crippen LogP contribution < -0.4 is 15.8 Å². The van der Waals surface area contributed by atoms with Crippen molar-refractivity contribution in [3.8, 4) is 22.7 Å². The van der Waals surface area contributed by atoms with Crippen LogP contribution in [0.15, 0.2) is 42.5 Å². The Balaban J connectivity index is 1.54. The zero-order valence-electron chi connectivity index (χ0n) is 19.2. The number of fused-ring (bicyclic) bond motifs is 1. The standard InChI is InChI=1S/C24H25ClFN7O2/c1-34-17-5-3-16(4-6-17)33-22(27)20-21(15-2-7-19(26)18(25)14-15)29-24(30-23(20)31-33)28-8-9-32-10-12-35-13-11-32/h2-7,14H,8-13,27H2,1H3,(H,28,30,31). The molecule has 0 spiro atoms. The summed E-state index contributed by atoms with van der Waals surface area (Å²) in [5.41, 5.74) is 8.82. The molecule has 1 fully saturated rings. The number of ether oxygens (including phenoxy) is 2. The maximum atomic E-state index is 13.9. The lowest BCUT2D eigenvalue weighted by Crippen LogP contribution is -2.39. The number of rotatable bonds is 7. The van der Waals surface area contributed by atoms with E-state index in [9.17, 15) is 4.39 Å². The third kappa shape index (κ3) is 4.86. The Bertz CT molecular complexity index is 1340. The molecule has 2 aromatic carbocycles. The number of halogens is 2. The fraction of sp³-hybridized carbons (Fsp3) is 0.292. The molecule has 1 aliphatic heterocycles. The number of hydrogen-bond donors (Lipinski definition) is 2. The lowest BCUT2D eigenvalue weighted by Gasteiger charge is -2.26. The number of hydrogen-bond acceptors (Lipinski definition) is 8. The summed E-state index contributed by atoms with van der Waals surface area (Å²) in [6.07, 6.45) is 0. The highest BCUT2D eigenvalue weighted by Crippen LogP contribution is 2.34. The van der Waals surface area contributed by atoms with E-state index in [1.807, 2.05) is 24.3 Å². The number of benzene rings is 2. The quantitative estimate of drug-likeness (QED) is 0.399. The highest BCUT2D eigenvalue weighted by atomic mass is 35.5. The van der Waals surface area contributed by atoms with Gasteiger partial charge in [0.2, 0.25) is 5.95 Å². The van der Waals surface area contributed by atoms with Crippen molar-refractivity contribution in [1.82, 2.24) is 24.6 Å². The summed E-state index contributed by atoms with van der Waals surface area (Å²) in [6, 6.07) is 11.8. The van der Waals surface area contributed by atoms with Crippen molar-refractivity contribution in [2.75, 3.05) is 57.6 Å². The van der Waals surface area contributed by atoms with Gasteiger partial charge in [0.1, 0.15) is 17.4 Å². The van der Waals surface area contributed by atoms with Gasteiger partial charge in [-0.1, -0.05) is 11.6 Å². The fourth-order valence-electron chi connectivity index (χ4n) is 4.01. The third-order valence-electron chi connectivity index (χ3n) is 5.89. The smallest absolute Gasteiger partial charge is 0.225 e. The second-order valence-electron chi connectivity index (χ2n) is 8.10. The normalized spacial score (nSPS) is 14.4. The Kier molecular flexibility index (Phi) is 6.67. The molecule has 9 nitrogen and oxygen atoms in total. The first kappa shape index (κ1) is 23.3. The van der Waals surface area contributed by atoms with Crippen molar-refractivity contribution < 1.29 is 13.9 Å². The first-order valence-electron chi connectivity index (χ1n) is 11.2. The number of morpholine rings is 1. The second kappa shape index (κ2) is 10.0. The van der Waals surface area contributed by atoms with Gasteiger partial charge in [-0.25, -0.2) is 14.1 Å². The zero-order valence-corrected chi connectivity index (χ0v) is 19.9. The van der Waals surface area contributed by atoms with Gasteiger partial charge in [0.15, 0.2) is 5.65 Å². The van der Waals surface area contributed by atoms with Crippen molar-refractivity contribution in [3.05, 3.63) is 53.3 Å². The van der Waals surface area contributed by atoms with Crippen molar-refractivity contribution in [2.24, 2.45) is 0 Å². The Morgan fingerprint density at radius 3 is 2.63 bits per heavy atom. The maximum Gasteiger partial charge on any atom is 0.225 e. The van der Waals surface area contributed by atoms with Crippen LogP contribution in [0.5, 0.6) is 5.75 Å². The highest BCUT2D eigenvalue weighted by molar-refractivity contribution is 6.31. The number of nitrogens with one attached hydrogen (secondary N) is 1. The number of methoxy groups -OCH3 is 1. The van der Waals surface area contributed by atoms with Gasteiger partial charge in [0.05, 0.1) is 42.1 Å². The minimum absolute atomic E-state index is 0.00259. The second-order valence-corrected chi connectivity index (χ2v) is 8.51. The molecule has 1 saturated heterocycles. The Hall–Kier alpha value is -3.47. The van der Waals surface area contributed by atoms with Crippen LogP contribution in [0.2, 0.25) is 5.02 Å². The molecule has 4 aromatic rings. The lowest BCUT2D eigenvalue weighted by molar-refractivity contribution is 0.0398. The first-order valence-corrected chi connectivity index (χ1v) is 11.6. The van der Waals surface area contributed by atoms with Crippen molar-refractivity contribution in [3.63, 3.8) is 0 Å². The van der Waals surface area contributed by atoms with E-state index in [0.717, 1.165) is 44.3 Å². The Morgan fingerprint density at radius 2 is 1.91 bits per heavy atom. The molecule has 182 valence electrons. The summed E-state index contributed by atoms with van der Waals surface area (Å²) in [5, 5.41) is 8.49. The number of nitrogen functional groups attached to an aromatic ring is 1. The molecule has 3 N–H and O–H groups in total. The zero-order chi connectivity index (χ0) is 24.4. The van der Waals surface area contributed by atoms with E-state index < -0.39 is 5.82 Å². The highest BCUT2D eigenvalue weighted by Gasteiger charge is 2.20. The van der Waals surface area contributed by atoms with Gasteiger partial charge in [0.25, 0.3) is 0 Å². The van der Waals surface area contributed by atoms with Gasteiger partial charge in [-0.3, -0.25) is 4.90 Å². The average Bonchev–Trinajstić information content (AvgIpc) is 3.22. The molecule has 3 heterocycles. The summed E-state index contributed by atoms with van der Waals surface area (Å²) >= 11 is 6.08. The minimum Gasteiger partial charge on any atom is -0.497 e. The van der Waals surface area contributed by atoms with Gasteiger partial charge >= 0.3 is 0 Å². The van der Waals surface area contributed by atoms with E-state index in [1.165, 1.54) is 12.1 Å². The molecular formula is C24H25ClFN7O2. The maximum absolute atomic E-state index is 13.9. The number of nitrogens with zero attached hydrogens (tertiary/aromatic N) is 5. The Morgan fingerprint density at radius 1 is 1.14 bits per heavy atom. The van der Waals surface area contributed by atoms with Gasteiger partial charge in [-0.15, -0.1) is 5.10 Å². The van der Waals surface area contributed by atoms with E-state index >= 15 is 0 Å². The molecule has 0 bridgehead atoms. The minimum atomic E-state index is -0.508. The molecule has 5 rings (SSSR count). The summed E-state index contributed by atoms with van der Waals surface area (Å²) in [5.74, 6) is 0.977. The van der Waals surface area contributed by atoms with Gasteiger partial charge < -0.3 is 20.5 Å². The van der Waals surface area contributed by atoms with Crippen LogP contribution in [-0.2, 0) is 4.74 Å². The third-order valence-corrected chi connectivity index (χ3v) is 6.18. The van der Waals surface area contributed by atoms with Crippen LogP contribution in [0.1, 0.15) is 0 Å². The molecule has 2 aromatic heterocycles. The van der Waals surface area contributed by atoms with Gasteiger partial charge in [-0.05, 0) is 42.5 Å². The van der Waals surface area contributed by atoms with Crippen LogP contribution in [0.3, 0.4) is 0 Å². The van der Waals surface area contributed by atoms with E-state index in [1.54, 1.807) is 17.9 Å². The molecule has 1 aliphatic rings. The predicted octanol–water partition coefficient (Wildman–Crippen LogP) is 3.61. The van der Waals surface area contributed by atoms with Gasteiger partial charge in [0, 0.05) is 31.7 Å². The molecule has 35 heavy (non-hydrogen) atoms. The fourth-order valence-corrected chi connectivity index (χ4v) is 4.19. The predicted molar refractivity (Wildman–Crippen MR) is 134 cm³/mol. The molecule has 0 atom stereocenters. The van der Waals surface area contributed by atoms with Crippen LogP contribution in [0.25, 0.3) is 28.0 Å². The largest absolute Gasteiger partial charge is 0.497 e. The van der Waals surface area contributed by atoms with E-state index in [0.29, 0.717) is 40.6 Å². The van der Waals surface area contributed by atoms with Crippen LogP contribution >= 0.6 is 11.6 Å². The average molecular weight is 498 g/mol. The van der Waals surface area contributed by atoms with Crippen LogP contribution in [0.4, 0.5) is 16.2 Å². The van der Waals surface area contributed by atoms with Crippen molar-refractivity contribution in [2.45, 2.75) is 0 Å². The van der Waals surface area contributed by atoms with E-state index in [4.69, 9.17) is 31.8 Å². The Labute approximate surface area is 206 Å². The molecule has 0 amide bonds. The van der Waals surface area contributed by atoms with Gasteiger partial charge in [-0.2, -0.15) is 4.98 Å². The molecular weight excluding hydrogens is 473 g/mol. The topological polar surface area (TPSA) is 103 Å². The van der Waals surface area contributed by atoms with E-state index in [2.05, 4.69) is 20.3 Å². The number of anilines is 2. The van der Waals surface area contributed by atoms with Crippen LogP contribution in [-0.4, -0.2) is 71.2 Å². The molecule has 0 unspecified atom stereocenters.